The summed E-state index contributed by atoms with van der Waals surface area (Å²) in [5, 5.41) is 3.46. The Labute approximate surface area is 154 Å². The highest BCUT2D eigenvalue weighted by molar-refractivity contribution is 6.33. The first-order valence-corrected chi connectivity index (χ1v) is 9.00. The van der Waals surface area contributed by atoms with Crippen LogP contribution in [0.1, 0.15) is 11.1 Å². The van der Waals surface area contributed by atoms with Crippen molar-refractivity contribution in [1.82, 2.24) is 4.90 Å². The molecule has 0 aliphatic carbocycles. The van der Waals surface area contributed by atoms with Crippen LogP contribution in [0.25, 0.3) is 0 Å². The number of amides is 1. The molecule has 1 saturated heterocycles. The van der Waals surface area contributed by atoms with Crippen molar-refractivity contribution in [2.45, 2.75) is 13.8 Å². The van der Waals surface area contributed by atoms with Gasteiger partial charge in [-0.25, -0.2) is 0 Å². The summed E-state index contributed by atoms with van der Waals surface area (Å²) < 4.78 is 0. The molecule has 0 spiro atoms. The second kappa shape index (κ2) is 7.89. The lowest BCUT2D eigenvalue weighted by Crippen LogP contribution is -2.48. The van der Waals surface area contributed by atoms with Crippen LogP contribution >= 0.6 is 11.6 Å². The van der Waals surface area contributed by atoms with Crippen molar-refractivity contribution in [2.24, 2.45) is 0 Å². The molecule has 1 fully saturated rings. The van der Waals surface area contributed by atoms with Gasteiger partial charge in [0, 0.05) is 31.9 Å². The molecule has 0 radical (unpaired) electrons. The van der Waals surface area contributed by atoms with E-state index in [0.717, 1.165) is 26.2 Å². The molecule has 0 saturated carbocycles. The van der Waals surface area contributed by atoms with Gasteiger partial charge in [-0.2, -0.15) is 0 Å². The first-order chi connectivity index (χ1) is 12.0. The molecule has 2 aromatic carbocycles. The second-order valence-electron chi connectivity index (χ2n) is 6.51. The molecule has 1 amide bonds. The number of hydrogen-bond acceptors (Lipinski definition) is 3. The van der Waals surface area contributed by atoms with Crippen molar-refractivity contribution < 1.29 is 4.79 Å². The number of nitrogens with one attached hydrogen (secondary N) is 1. The zero-order chi connectivity index (χ0) is 17.8. The summed E-state index contributed by atoms with van der Waals surface area (Å²) >= 11 is 6.09. The van der Waals surface area contributed by atoms with Gasteiger partial charge in [0.1, 0.15) is 0 Å². The maximum absolute atomic E-state index is 12.3. The predicted octanol–water partition coefficient (Wildman–Crippen LogP) is 3.72. The first kappa shape index (κ1) is 17.8. The number of hydrogen-bond donors (Lipinski definition) is 1. The maximum Gasteiger partial charge on any atom is 0.238 e. The third-order valence-electron chi connectivity index (χ3n) is 4.80. The average molecular weight is 358 g/mol. The Hall–Kier alpha value is -2.04. The van der Waals surface area contributed by atoms with Crippen molar-refractivity contribution in [3.63, 3.8) is 0 Å². The van der Waals surface area contributed by atoms with E-state index in [2.05, 4.69) is 47.2 Å². The molecular formula is C20H24ClN3O. The fourth-order valence-corrected chi connectivity index (χ4v) is 3.36. The van der Waals surface area contributed by atoms with Crippen LogP contribution in [0.5, 0.6) is 0 Å². The van der Waals surface area contributed by atoms with E-state index in [9.17, 15) is 4.79 Å². The van der Waals surface area contributed by atoms with Gasteiger partial charge >= 0.3 is 0 Å². The van der Waals surface area contributed by atoms with Gasteiger partial charge in [-0.15, -0.1) is 0 Å². The molecule has 0 unspecified atom stereocenters. The summed E-state index contributed by atoms with van der Waals surface area (Å²) in [5.74, 6) is -0.0201. The van der Waals surface area contributed by atoms with E-state index >= 15 is 0 Å². The second-order valence-corrected chi connectivity index (χ2v) is 6.92. The van der Waals surface area contributed by atoms with Gasteiger partial charge in [0.2, 0.25) is 5.91 Å². The molecule has 0 bridgehead atoms. The maximum atomic E-state index is 12.3. The SMILES string of the molecule is Cc1cccc(N2CCN(CC(=O)Nc3ccccc3Cl)CC2)c1C. The monoisotopic (exact) mass is 357 g/mol. The average Bonchev–Trinajstić information content (AvgIpc) is 2.60. The van der Waals surface area contributed by atoms with Gasteiger partial charge in [0.15, 0.2) is 0 Å². The summed E-state index contributed by atoms with van der Waals surface area (Å²) in [6.45, 7) is 8.34. The van der Waals surface area contributed by atoms with E-state index < -0.39 is 0 Å². The fraction of sp³-hybridized carbons (Fsp3) is 0.350. The molecule has 3 rings (SSSR count). The van der Waals surface area contributed by atoms with Crippen molar-refractivity contribution in [1.29, 1.82) is 0 Å². The molecule has 1 heterocycles. The van der Waals surface area contributed by atoms with Crippen LogP contribution in [0.4, 0.5) is 11.4 Å². The van der Waals surface area contributed by atoms with Crippen LogP contribution in [0.15, 0.2) is 42.5 Å². The fourth-order valence-electron chi connectivity index (χ4n) is 3.18. The van der Waals surface area contributed by atoms with Gasteiger partial charge in [0.25, 0.3) is 0 Å². The van der Waals surface area contributed by atoms with E-state index in [1.165, 1.54) is 16.8 Å². The third-order valence-corrected chi connectivity index (χ3v) is 5.13. The van der Waals surface area contributed by atoms with Gasteiger partial charge in [0.05, 0.1) is 17.3 Å². The number of carbonyl (C=O) groups excluding carboxylic acids is 1. The van der Waals surface area contributed by atoms with Crippen molar-refractivity contribution in [2.75, 3.05) is 42.9 Å². The highest BCUT2D eigenvalue weighted by Crippen LogP contribution is 2.24. The molecule has 5 heteroatoms. The van der Waals surface area contributed by atoms with Crippen LogP contribution in [0.3, 0.4) is 0 Å². The minimum atomic E-state index is -0.0201. The Balaban J connectivity index is 1.53. The van der Waals surface area contributed by atoms with Crippen LogP contribution in [-0.4, -0.2) is 43.5 Å². The molecule has 0 atom stereocenters. The summed E-state index contributed by atoms with van der Waals surface area (Å²) in [7, 11) is 0. The Bertz CT molecular complexity index is 754. The van der Waals surface area contributed by atoms with Crippen molar-refractivity contribution in [3.8, 4) is 0 Å². The van der Waals surface area contributed by atoms with Gasteiger partial charge in [-0.05, 0) is 43.2 Å². The number of aryl methyl sites for hydroxylation is 1. The van der Waals surface area contributed by atoms with Crippen LogP contribution in [-0.2, 0) is 4.79 Å². The number of carbonyl (C=O) groups is 1. The summed E-state index contributed by atoms with van der Waals surface area (Å²) in [4.78, 5) is 16.9. The molecule has 4 nitrogen and oxygen atoms in total. The smallest absolute Gasteiger partial charge is 0.238 e. The summed E-state index contributed by atoms with van der Waals surface area (Å²) in [5.41, 5.74) is 4.63. The highest BCUT2D eigenvalue weighted by Gasteiger charge is 2.20. The van der Waals surface area contributed by atoms with Gasteiger partial charge in [-0.1, -0.05) is 35.9 Å². The molecule has 1 aliphatic heterocycles. The summed E-state index contributed by atoms with van der Waals surface area (Å²) in [6.07, 6.45) is 0. The van der Waals surface area contributed by atoms with Crippen LogP contribution in [0, 0.1) is 13.8 Å². The molecule has 1 aliphatic rings. The van der Waals surface area contributed by atoms with Crippen LogP contribution in [0.2, 0.25) is 5.02 Å². The van der Waals surface area contributed by atoms with E-state index in [-0.39, 0.29) is 5.91 Å². The molecule has 25 heavy (non-hydrogen) atoms. The normalized spacial score (nSPS) is 15.2. The lowest BCUT2D eigenvalue weighted by molar-refractivity contribution is -0.117. The number of rotatable bonds is 4. The topological polar surface area (TPSA) is 35.6 Å². The van der Waals surface area contributed by atoms with Gasteiger partial charge < -0.3 is 10.2 Å². The predicted molar refractivity (Wildman–Crippen MR) is 105 cm³/mol. The first-order valence-electron chi connectivity index (χ1n) is 8.62. The zero-order valence-electron chi connectivity index (χ0n) is 14.8. The molecule has 132 valence electrons. The number of halogens is 1. The number of anilines is 2. The highest BCUT2D eigenvalue weighted by atomic mass is 35.5. The molecule has 0 aromatic heterocycles. The van der Waals surface area contributed by atoms with E-state index in [1.807, 2.05) is 18.2 Å². The van der Waals surface area contributed by atoms with E-state index in [4.69, 9.17) is 11.6 Å². The minimum Gasteiger partial charge on any atom is -0.369 e. The Morgan fingerprint density at radius 1 is 1.04 bits per heavy atom. The largest absolute Gasteiger partial charge is 0.369 e. The Morgan fingerprint density at radius 3 is 2.48 bits per heavy atom. The van der Waals surface area contributed by atoms with Crippen molar-refractivity contribution in [3.05, 3.63) is 58.6 Å². The Morgan fingerprint density at radius 2 is 1.76 bits per heavy atom. The van der Waals surface area contributed by atoms with E-state index in [1.54, 1.807) is 6.07 Å². The number of nitrogens with zero attached hydrogens (tertiary/aromatic N) is 2. The lowest BCUT2D eigenvalue weighted by Gasteiger charge is -2.36. The van der Waals surface area contributed by atoms with Crippen molar-refractivity contribution >= 4 is 28.9 Å². The molecule has 1 N–H and O–H groups in total. The number of para-hydroxylation sites is 1. The quantitative estimate of drug-likeness (QED) is 0.905. The van der Waals surface area contributed by atoms with E-state index in [0.29, 0.717) is 17.3 Å². The minimum absolute atomic E-state index is 0.0201. The standard InChI is InChI=1S/C20H24ClN3O/c1-15-6-5-9-19(16(15)2)24-12-10-23(11-13-24)14-20(25)22-18-8-4-3-7-17(18)21/h3-9H,10-14H2,1-2H3,(H,22,25). The summed E-state index contributed by atoms with van der Waals surface area (Å²) in [6, 6.07) is 13.8. The molecular weight excluding hydrogens is 334 g/mol. The molecule has 2 aromatic rings. The Kier molecular flexibility index (Phi) is 5.61. The zero-order valence-corrected chi connectivity index (χ0v) is 15.5. The third kappa shape index (κ3) is 4.33. The number of benzene rings is 2. The van der Waals surface area contributed by atoms with Crippen LogP contribution < -0.4 is 10.2 Å². The number of piperazine rings is 1. The lowest BCUT2D eigenvalue weighted by atomic mass is 10.1. The van der Waals surface area contributed by atoms with Gasteiger partial charge in [-0.3, -0.25) is 9.69 Å².